The molecule has 0 N–H and O–H groups in total. The van der Waals surface area contributed by atoms with Gasteiger partial charge < -0.3 is 9.47 Å². The number of allylic oxidation sites excluding steroid dienone is 1. The molecule has 10 heavy (non-hydrogen) atoms. The minimum atomic E-state index is 0.778. The molecular formula is C7H13LiO2. The van der Waals surface area contributed by atoms with Crippen molar-refractivity contribution in [2.75, 3.05) is 26.4 Å². The molecule has 1 aliphatic heterocycles. The van der Waals surface area contributed by atoms with Crippen LogP contribution in [-0.2, 0) is 9.47 Å². The number of ether oxygens (including phenoxy) is 2. The summed E-state index contributed by atoms with van der Waals surface area (Å²) in [5.41, 5.74) is 0. The Morgan fingerprint density at radius 2 is 1.50 bits per heavy atom. The van der Waals surface area contributed by atoms with E-state index in [0.29, 0.717) is 0 Å². The van der Waals surface area contributed by atoms with Gasteiger partial charge in [0.15, 0.2) is 0 Å². The molecule has 3 heteroatoms. The van der Waals surface area contributed by atoms with Crippen molar-refractivity contribution < 1.29 is 9.47 Å². The monoisotopic (exact) mass is 136 g/mol. The molecule has 0 atom stereocenters. The molecule has 0 aromatic rings. The molecule has 0 spiro atoms. The molecule has 0 amide bonds. The van der Waals surface area contributed by atoms with Crippen LogP contribution in [0.2, 0.25) is 5.09 Å². The average Bonchev–Trinajstić information content (AvgIpc) is 2.08. The van der Waals surface area contributed by atoms with Crippen LogP contribution in [0, 0.1) is 0 Å². The van der Waals surface area contributed by atoms with Crippen molar-refractivity contribution in [1.82, 2.24) is 0 Å². The van der Waals surface area contributed by atoms with Crippen LogP contribution in [0.25, 0.3) is 0 Å². The molecule has 1 aliphatic rings. The van der Waals surface area contributed by atoms with E-state index < -0.39 is 0 Å². The van der Waals surface area contributed by atoms with Crippen LogP contribution in [-0.4, -0.2) is 44.1 Å². The van der Waals surface area contributed by atoms with E-state index in [2.05, 4.69) is 24.3 Å². The summed E-state index contributed by atoms with van der Waals surface area (Å²) in [5, 5.41) is 1.08. The molecule has 0 aliphatic carbocycles. The Kier molecular flexibility index (Phi) is 9.50. The second-order valence-corrected chi connectivity index (χ2v) is 1.92. The van der Waals surface area contributed by atoms with Crippen molar-refractivity contribution in [2.24, 2.45) is 0 Å². The van der Waals surface area contributed by atoms with Crippen molar-refractivity contribution in [3.8, 4) is 0 Å². The van der Waals surface area contributed by atoms with Gasteiger partial charge in [0.2, 0.25) is 0 Å². The molecule has 2 nitrogen and oxygen atoms in total. The molecular weight excluding hydrogens is 123 g/mol. The van der Waals surface area contributed by atoms with Gasteiger partial charge in [-0.05, 0) is 0 Å². The molecule has 0 unspecified atom stereocenters. The Hall–Kier alpha value is 0.257. The van der Waals surface area contributed by atoms with Crippen molar-refractivity contribution in [3.05, 3.63) is 12.7 Å². The first kappa shape index (κ1) is 10.3. The van der Waals surface area contributed by atoms with E-state index >= 15 is 0 Å². The van der Waals surface area contributed by atoms with Gasteiger partial charge in [-0.25, -0.2) is 0 Å². The Balaban J connectivity index is 0.000000180. The predicted molar refractivity (Wildman–Crippen MR) is 42.4 cm³/mol. The summed E-state index contributed by atoms with van der Waals surface area (Å²) < 4.78 is 9.89. The van der Waals surface area contributed by atoms with Crippen molar-refractivity contribution in [3.63, 3.8) is 0 Å². The van der Waals surface area contributed by atoms with Crippen LogP contribution >= 0.6 is 0 Å². The Labute approximate surface area is 71.8 Å². The minimum absolute atomic E-state index is 0.778. The van der Waals surface area contributed by atoms with Crippen LogP contribution in [0.15, 0.2) is 12.7 Å². The summed E-state index contributed by atoms with van der Waals surface area (Å²) >= 11 is 2.06. The normalized spacial score (nSPS) is 17.0. The molecule has 1 fully saturated rings. The Morgan fingerprint density at radius 1 is 1.20 bits per heavy atom. The zero-order valence-corrected chi connectivity index (χ0v) is 6.64. The molecule has 1 saturated heterocycles. The maximum absolute atomic E-state index is 4.94. The van der Waals surface area contributed by atoms with Gasteiger partial charge in [-0.3, -0.25) is 0 Å². The Bertz CT molecular complexity index is 60.5. The molecule has 0 saturated carbocycles. The summed E-state index contributed by atoms with van der Waals surface area (Å²) in [7, 11) is 0. The number of hydrogen-bond acceptors (Lipinski definition) is 2. The third kappa shape index (κ3) is 8.26. The standard InChI is InChI=1S/C4H8O2.C3H5.Li/c1-2-6-4-3-5-1;1-3-2;/h1-4H2;3H,1-2H2;. The topological polar surface area (TPSA) is 18.5 Å². The number of hydrogen-bond donors (Lipinski definition) is 0. The van der Waals surface area contributed by atoms with E-state index in [4.69, 9.17) is 9.47 Å². The van der Waals surface area contributed by atoms with Crippen LogP contribution in [0.5, 0.6) is 0 Å². The van der Waals surface area contributed by atoms with Gasteiger partial charge in [0.1, 0.15) is 0 Å². The second kappa shape index (κ2) is 9.26. The summed E-state index contributed by atoms with van der Waals surface area (Å²) in [5.74, 6) is 0. The van der Waals surface area contributed by atoms with E-state index in [1.165, 1.54) is 0 Å². The fourth-order valence-corrected chi connectivity index (χ4v) is 0.440. The fourth-order valence-electron chi connectivity index (χ4n) is 0.440. The maximum atomic E-state index is 4.94. The van der Waals surface area contributed by atoms with Gasteiger partial charge in [0.05, 0.1) is 26.4 Å². The summed E-state index contributed by atoms with van der Waals surface area (Å²) in [6.07, 6.45) is 1.88. The molecule has 1 rings (SSSR count). The quantitative estimate of drug-likeness (QED) is 0.392. The molecule has 54 valence electrons. The van der Waals surface area contributed by atoms with Crippen molar-refractivity contribution >= 4 is 17.7 Å². The van der Waals surface area contributed by atoms with Crippen LogP contribution < -0.4 is 0 Å². The summed E-state index contributed by atoms with van der Waals surface area (Å²) in [6.45, 7) is 6.59. The van der Waals surface area contributed by atoms with E-state index in [1.807, 2.05) is 6.08 Å². The van der Waals surface area contributed by atoms with Gasteiger partial charge in [0.25, 0.3) is 0 Å². The zero-order valence-electron chi connectivity index (χ0n) is 6.64. The summed E-state index contributed by atoms with van der Waals surface area (Å²) in [4.78, 5) is 0. The van der Waals surface area contributed by atoms with Crippen LogP contribution in [0.1, 0.15) is 0 Å². The molecule has 0 aromatic heterocycles. The fraction of sp³-hybridized carbons (Fsp3) is 0.714. The SMILES string of the molecule is C1COCCO1.[Li][CH2]C=C. The molecule has 0 radical (unpaired) electrons. The molecule has 0 bridgehead atoms. The molecule has 0 aromatic carbocycles. The third-order valence-electron chi connectivity index (χ3n) is 1.03. The number of rotatable bonds is 1. The van der Waals surface area contributed by atoms with Gasteiger partial charge in [0, 0.05) is 0 Å². The first-order valence-corrected chi connectivity index (χ1v) is 3.68. The first-order valence-electron chi connectivity index (χ1n) is 3.68. The first-order chi connectivity index (χ1) is 4.91. The van der Waals surface area contributed by atoms with Gasteiger partial charge in [-0.15, -0.1) is 0 Å². The predicted octanol–water partition coefficient (Wildman–Crippen LogP) is 0.792. The van der Waals surface area contributed by atoms with E-state index in [1.54, 1.807) is 0 Å². The second-order valence-electron chi connectivity index (χ2n) is 1.92. The molecule has 1 heterocycles. The summed E-state index contributed by atoms with van der Waals surface area (Å²) in [6, 6.07) is 0. The zero-order chi connectivity index (χ0) is 7.66. The van der Waals surface area contributed by atoms with Crippen LogP contribution in [0.3, 0.4) is 0 Å². The third-order valence-corrected chi connectivity index (χ3v) is 1.03. The van der Waals surface area contributed by atoms with Gasteiger partial charge in [-0.2, -0.15) is 0 Å². The van der Waals surface area contributed by atoms with Gasteiger partial charge in [-0.1, -0.05) is 0 Å². The van der Waals surface area contributed by atoms with Gasteiger partial charge >= 0.3 is 35.5 Å². The van der Waals surface area contributed by atoms with Crippen molar-refractivity contribution in [2.45, 2.75) is 5.09 Å². The van der Waals surface area contributed by atoms with E-state index in [9.17, 15) is 0 Å². The van der Waals surface area contributed by atoms with Crippen LogP contribution in [0.4, 0.5) is 0 Å². The van der Waals surface area contributed by atoms with E-state index in [-0.39, 0.29) is 0 Å². The van der Waals surface area contributed by atoms with Crippen molar-refractivity contribution in [1.29, 1.82) is 0 Å². The Morgan fingerprint density at radius 3 is 1.60 bits per heavy atom. The van der Waals surface area contributed by atoms with E-state index in [0.717, 1.165) is 31.5 Å². The average molecular weight is 136 g/mol.